The first kappa shape index (κ1) is 10.9. The Balaban J connectivity index is 2.58. The molecule has 2 heterocycles. The minimum Gasteiger partial charge on any atom is -0.236 e. The zero-order valence-electron chi connectivity index (χ0n) is 7.66. The monoisotopic (exact) mass is 246 g/mol. The van der Waals surface area contributed by atoms with Crippen molar-refractivity contribution >= 4 is 11.6 Å². The summed E-state index contributed by atoms with van der Waals surface area (Å²) in [5, 5.41) is 3.60. The molecule has 0 aromatic carbocycles. The minimum absolute atomic E-state index is 0.0715. The predicted molar refractivity (Wildman–Crippen MR) is 50.2 cm³/mol. The normalized spacial score (nSPS) is 11.8. The van der Waals surface area contributed by atoms with Gasteiger partial charge in [0.2, 0.25) is 0 Å². The Labute approximate surface area is 93.5 Å². The van der Waals surface area contributed by atoms with Crippen LogP contribution in [0.15, 0.2) is 24.5 Å². The van der Waals surface area contributed by atoms with Gasteiger partial charge in [-0.3, -0.25) is 0 Å². The highest BCUT2D eigenvalue weighted by molar-refractivity contribution is 6.32. The van der Waals surface area contributed by atoms with Crippen molar-refractivity contribution in [3.05, 3.63) is 41.3 Å². The molecule has 3 nitrogen and oxygen atoms in total. The van der Waals surface area contributed by atoms with E-state index in [-0.39, 0.29) is 10.8 Å². The zero-order valence-corrected chi connectivity index (χ0v) is 8.42. The smallest absolute Gasteiger partial charge is 0.236 e. The van der Waals surface area contributed by atoms with E-state index in [0.717, 1.165) is 6.20 Å². The maximum atomic E-state index is 12.5. The van der Waals surface area contributed by atoms with Crippen LogP contribution in [0.2, 0.25) is 5.02 Å². The summed E-state index contributed by atoms with van der Waals surface area (Å²) in [4.78, 5) is 3.74. The molecular formula is C9H4ClF3N3. The standard InChI is InChI=1S/C9H4ClF3N3/c10-6-2-1-4-14-8(6)16-7(3-5-15-16)9(11,12)13/h1-2,4-5H. The Hall–Kier alpha value is -1.56. The third kappa shape index (κ3) is 1.88. The molecule has 0 saturated carbocycles. The predicted octanol–water partition coefficient (Wildman–Crippen LogP) is 2.74. The summed E-state index contributed by atoms with van der Waals surface area (Å²) in [6.45, 7) is 0. The van der Waals surface area contributed by atoms with Gasteiger partial charge in [0.1, 0.15) is 0 Å². The van der Waals surface area contributed by atoms with Crippen LogP contribution in [0.3, 0.4) is 0 Å². The Morgan fingerprint density at radius 2 is 2.12 bits per heavy atom. The molecule has 0 unspecified atom stereocenters. The summed E-state index contributed by atoms with van der Waals surface area (Å²) < 4.78 is 38.2. The Bertz CT molecular complexity index is 507. The van der Waals surface area contributed by atoms with Crippen molar-refractivity contribution < 1.29 is 13.2 Å². The molecule has 0 fully saturated rings. The van der Waals surface area contributed by atoms with E-state index >= 15 is 0 Å². The number of rotatable bonds is 1. The molecule has 2 aromatic rings. The van der Waals surface area contributed by atoms with Crippen molar-refractivity contribution in [2.24, 2.45) is 0 Å². The van der Waals surface area contributed by atoms with E-state index in [0.29, 0.717) is 4.68 Å². The summed E-state index contributed by atoms with van der Waals surface area (Å²) in [6, 6.07) is 4.96. The van der Waals surface area contributed by atoms with Crippen LogP contribution in [0.5, 0.6) is 0 Å². The van der Waals surface area contributed by atoms with Crippen LogP contribution in [0, 0.1) is 6.07 Å². The highest BCUT2D eigenvalue weighted by Gasteiger charge is 2.36. The molecule has 0 atom stereocenters. The van der Waals surface area contributed by atoms with Crippen molar-refractivity contribution in [3.8, 4) is 5.82 Å². The Morgan fingerprint density at radius 3 is 2.75 bits per heavy atom. The Kier molecular flexibility index (Phi) is 2.59. The van der Waals surface area contributed by atoms with Crippen molar-refractivity contribution in [2.75, 3.05) is 0 Å². The van der Waals surface area contributed by atoms with Crippen molar-refractivity contribution in [2.45, 2.75) is 6.18 Å². The van der Waals surface area contributed by atoms with Gasteiger partial charge >= 0.3 is 6.18 Å². The van der Waals surface area contributed by atoms with E-state index in [1.165, 1.54) is 18.3 Å². The quantitative estimate of drug-likeness (QED) is 0.775. The molecule has 0 aliphatic heterocycles. The summed E-state index contributed by atoms with van der Waals surface area (Å²) in [5.41, 5.74) is -1.03. The lowest BCUT2D eigenvalue weighted by Gasteiger charge is -2.09. The van der Waals surface area contributed by atoms with Gasteiger partial charge in [0.25, 0.3) is 0 Å². The van der Waals surface area contributed by atoms with E-state index < -0.39 is 11.9 Å². The summed E-state index contributed by atoms with van der Waals surface area (Å²) in [7, 11) is 0. The fourth-order valence-corrected chi connectivity index (χ4v) is 1.36. The average Bonchev–Trinajstić information content (AvgIpc) is 2.66. The lowest BCUT2D eigenvalue weighted by atomic mass is 10.4. The molecule has 2 rings (SSSR count). The van der Waals surface area contributed by atoms with Gasteiger partial charge in [-0.25, -0.2) is 9.67 Å². The molecule has 0 aliphatic carbocycles. The van der Waals surface area contributed by atoms with Gasteiger partial charge < -0.3 is 0 Å². The second-order valence-electron chi connectivity index (χ2n) is 2.86. The molecule has 1 radical (unpaired) electrons. The van der Waals surface area contributed by atoms with Crippen molar-refractivity contribution in [1.82, 2.24) is 14.8 Å². The highest BCUT2D eigenvalue weighted by Crippen LogP contribution is 2.30. The second kappa shape index (κ2) is 3.79. The Morgan fingerprint density at radius 1 is 1.38 bits per heavy atom. The highest BCUT2D eigenvalue weighted by atomic mass is 35.5. The average molecular weight is 247 g/mol. The topological polar surface area (TPSA) is 30.7 Å². The maximum absolute atomic E-state index is 12.5. The van der Waals surface area contributed by atoms with Gasteiger partial charge in [-0.1, -0.05) is 11.6 Å². The van der Waals surface area contributed by atoms with Gasteiger partial charge in [-0.15, -0.1) is 0 Å². The van der Waals surface area contributed by atoms with E-state index in [9.17, 15) is 13.2 Å². The van der Waals surface area contributed by atoms with E-state index in [1.54, 1.807) is 0 Å². The van der Waals surface area contributed by atoms with Crippen molar-refractivity contribution in [1.29, 1.82) is 0 Å². The van der Waals surface area contributed by atoms with Gasteiger partial charge in [0, 0.05) is 12.3 Å². The fourth-order valence-electron chi connectivity index (χ4n) is 1.16. The second-order valence-corrected chi connectivity index (χ2v) is 3.26. The molecule has 0 bridgehead atoms. The van der Waals surface area contributed by atoms with Gasteiger partial charge in [-0.2, -0.15) is 18.3 Å². The third-order valence-electron chi connectivity index (χ3n) is 1.79. The lowest BCUT2D eigenvalue weighted by molar-refractivity contribution is -0.143. The van der Waals surface area contributed by atoms with Crippen LogP contribution < -0.4 is 0 Å². The summed E-state index contributed by atoms with van der Waals surface area (Å²) >= 11 is 5.73. The van der Waals surface area contributed by atoms with E-state index in [2.05, 4.69) is 10.1 Å². The number of nitrogens with zero attached hydrogens (tertiary/aromatic N) is 3. The van der Waals surface area contributed by atoms with Gasteiger partial charge in [0.05, 0.1) is 11.2 Å². The molecular weight excluding hydrogens is 243 g/mol. The van der Waals surface area contributed by atoms with Crippen LogP contribution >= 0.6 is 11.6 Å². The molecule has 0 N–H and O–H groups in total. The molecule has 2 aromatic heterocycles. The minimum atomic E-state index is -4.54. The van der Waals surface area contributed by atoms with Gasteiger partial charge in [-0.05, 0) is 12.1 Å². The fraction of sp³-hybridized carbons (Fsp3) is 0.111. The van der Waals surface area contributed by atoms with E-state index in [1.807, 2.05) is 6.07 Å². The number of alkyl halides is 3. The molecule has 16 heavy (non-hydrogen) atoms. The first-order valence-corrected chi connectivity index (χ1v) is 4.52. The molecule has 0 spiro atoms. The number of hydrogen-bond acceptors (Lipinski definition) is 2. The molecule has 0 saturated heterocycles. The molecule has 7 heteroatoms. The first-order valence-electron chi connectivity index (χ1n) is 4.14. The molecule has 0 amide bonds. The number of pyridine rings is 1. The zero-order chi connectivity index (χ0) is 11.8. The van der Waals surface area contributed by atoms with Crippen LogP contribution in [-0.2, 0) is 6.18 Å². The number of hydrogen-bond donors (Lipinski definition) is 0. The maximum Gasteiger partial charge on any atom is 0.434 e. The first-order chi connectivity index (χ1) is 7.50. The molecule has 0 aliphatic rings. The third-order valence-corrected chi connectivity index (χ3v) is 2.09. The van der Waals surface area contributed by atoms with Crippen LogP contribution in [0.25, 0.3) is 5.82 Å². The molecule has 83 valence electrons. The number of halogens is 4. The van der Waals surface area contributed by atoms with Crippen LogP contribution in [-0.4, -0.2) is 14.8 Å². The van der Waals surface area contributed by atoms with Gasteiger partial charge in [0.15, 0.2) is 11.5 Å². The lowest BCUT2D eigenvalue weighted by Crippen LogP contribution is -2.14. The summed E-state index contributed by atoms with van der Waals surface area (Å²) in [5.74, 6) is -0.0715. The van der Waals surface area contributed by atoms with Crippen LogP contribution in [0.4, 0.5) is 13.2 Å². The largest absolute Gasteiger partial charge is 0.434 e. The number of aromatic nitrogens is 3. The van der Waals surface area contributed by atoms with Crippen LogP contribution in [0.1, 0.15) is 5.69 Å². The SMILES string of the molecule is FC(F)(F)c1[c]cnn1-c1ncccc1Cl. The van der Waals surface area contributed by atoms with E-state index in [4.69, 9.17) is 11.6 Å². The van der Waals surface area contributed by atoms with Crippen molar-refractivity contribution in [3.63, 3.8) is 0 Å². The summed E-state index contributed by atoms with van der Waals surface area (Å²) in [6.07, 6.45) is -2.28.